The second-order valence-corrected chi connectivity index (χ2v) is 5.94. The molecule has 1 saturated heterocycles. The zero-order chi connectivity index (χ0) is 15.7. The third-order valence-electron chi connectivity index (χ3n) is 4.53. The van der Waals surface area contributed by atoms with Crippen molar-refractivity contribution in [1.29, 1.82) is 0 Å². The summed E-state index contributed by atoms with van der Waals surface area (Å²) in [5.74, 6) is -0.355. The number of aromatic nitrogens is 1. The Hall–Kier alpha value is -1.89. The van der Waals surface area contributed by atoms with E-state index in [2.05, 4.69) is 5.16 Å². The Morgan fingerprint density at radius 3 is 2.91 bits per heavy atom. The maximum absolute atomic E-state index is 12.8. The van der Waals surface area contributed by atoms with Gasteiger partial charge >= 0.3 is 5.97 Å². The molecule has 0 saturated carbocycles. The van der Waals surface area contributed by atoms with Crippen molar-refractivity contribution in [2.75, 3.05) is 13.7 Å². The fourth-order valence-corrected chi connectivity index (χ4v) is 3.38. The molecule has 1 aliphatic heterocycles. The lowest BCUT2D eigenvalue weighted by Gasteiger charge is -2.22. The molecule has 3 rings (SSSR count). The number of hydrogen-bond donors (Lipinski definition) is 1. The summed E-state index contributed by atoms with van der Waals surface area (Å²) in [6, 6.07) is -0.356. The van der Waals surface area contributed by atoms with E-state index < -0.39 is 5.97 Å². The first-order valence-electron chi connectivity index (χ1n) is 7.63. The highest BCUT2D eigenvalue weighted by atomic mass is 16.5. The molecule has 7 heteroatoms. The molecule has 7 nitrogen and oxygen atoms in total. The van der Waals surface area contributed by atoms with Gasteiger partial charge in [0, 0.05) is 31.7 Å². The molecule has 0 spiro atoms. The van der Waals surface area contributed by atoms with Crippen LogP contribution in [0.4, 0.5) is 0 Å². The Bertz CT molecular complexity index is 582. The van der Waals surface area contributed by atoms with Crippen LogP contribution in [0.25, 0.3) is 0 Å². The molecule has 1 N–H and O–H groups in total. The number of ether oxygens (including phenoxy) is 1. The van der Waals surface area contributed by atoms with E-state index in [1.54, 1.807) is 12.0 Å². The molecule has 2 heterocycles. The summed E-state index contributed by atoms with van der Waals surface area (Å²) in [6.07, 6.45) is 4.01. The Kier molecular flexibility index (Phi) is 4.15. The van der Waals surface area contributed by atoms with E-state index in [4.69, 9.17) is 14.4 Å². The van der Waals surface area contributed by atoms with Gasteiger partial charge in [0.25, 0.3) is 5.91 Å². The van der Waals surface area contributed by atoms with Gasteiger partial charge in [-0.1, -0.05) is 5.16 Å². The maximum atomic E-state index is 12.8. The van der Waals surface area contributed by atoms with Gasteiger partial charge in [0.15, 0.2) is 5.69 Å². The molecule has 22 heavy (non-hydrogen) atoms. The number of hydrogen-bond acceptors (Lipinski definition) is 5. The highest BCUT2D eigenvalue weighted by molar-refractivity contribution is 5.94. The van der Waals surface area contributed by atoms with Crippen molar-refractivity contribution in [1.82, 2.24) is 10.1 Å². The Labute approximate surface area is 128 Å². The van der Waals surface area contributed by atoms with Gasteiger partial charge in [-0.2, -0.15) is 0 Å². The summed E-state index contributed by atoms with van der Waals surface area (Å²) in [4.78, 5) is 25.4. The number of likely N-dealkylation sites (tertiary alicyclic amines) is 1. The number of carboxylic acid groups (broad SMARTS) is 1. The van der Waals surface area contributed by atoms with E-state index in [1.165, 1.54) is 0 Å². The lowest BCUT2D eigenvalue weighted by atomic mass is 9.96. The van der Waals surface area contributed by atoms with Gasteiger partial charge in [-0.15, -0.1) is 0 Å². The second-order valence-electron chi connectivity index (χ2n) is 5.94. The van der Waals surface area contributed by atoms with Crippen molar-refractivity contribution in [3.05, 3.63) is 17.0 Å². The predicted octanol–water partition coefficient (Wildman–Crippen LogP) is 1.26. The van der Waals surface area contributed by atoms with Gasteiger partial charge in [0.05, 0.1) is 12.5 Å². The van der Waals surface area contributed by atoms with Crippen LogP contribution < -0.4 is 0 Å². The number of amides is 1. The van der Waals surface area contributed by atoms with Crippen LogP contribution in [0, 0.1) is 0 Å². The predicted molar refractivity (Wildman–Crippen MR) is 75.6 cm³/mol. The van der Waals surface area contributed by atoms with E-state index in [0.29, 0.717) is 18.7 Å². The first-order chi connectivity index (χ1) is 10.6. The lowest BCUT2D eigenvalue weighted by Crippen LogP contribution is -2.38. The van der Waals surface area contributed by atoms with E-state index >= 15 is 0 Å². The maximum Gasteiger partial charge on any atom is 0.305 e. The van der Waals surface area contributed by atoms with Crippen LogP contribution in [0.5, 0.6) is 0 Å². The topological polar surface area (TPSA) is 92.9 Å². The minimum atomic E-state index is -0.915. The molecule has 2 aliphatic rings. The van der Waals surface area contributed by atoms with Gasteiger partial charge in [0.1, 0.15) is 5.76 Å². The van der Waals surface area contributed by atoms with Crippen LogP contribution in [-0.4, -0.2) is 52.8 Å². The van der Waals surface area contributed by atoms with E-state index in [1.807, 2.05) is 0 Å². The number of nitrogens with zero attached hydrogens (tertiary/aromatic N) is 2. The molecule has 0 bridgehead atoms. The van der Waals surface area contributed by atoms with Crippen molar-refractivity contribution in [3.63, 3.8) is 0 Å². The van der Waals surface area contributed by atoms with Crippen LogP contribution in [0.2, 0.25) is 0 Å². The summed E-state index contributed by atoms with van der Waals surface area (Å²) in [5.41, 5.74) is 1.24. The molecule has 1 fully saturated rings. The number of aliphatic carboxylic acids is 1. The van der Waals surface area contributed by atoms with Gasteiger partial charge in [-0.25, -0.2) is 0 Å². The second kappa shape index (κ2) is 6.08. The van der Waals surface area contributed by atoms with Crippen LogP contribution in [0.3, 0.4) is 0 Å². The zero-order valence-corrected chi connectivity index (χ0v) is 12.6. The van der Waals surface area contributed by atoms with Gasteiger partial charge in [-0.3, -0.25) is 9.59 Å². The number of carboxylic acids is 1. The Morgan fingerprint density at radius 2 is 2.18 bits per heavy atom. The molecule has 2 atom stereocenters. The molecular formula is C15H20N2O5. The molecule has 1 amide bonds. The molecule has 0 aromatic carbocycles. The third kappa shape index (κ3) is 2.72. The quantitative estimate of drug-likeness (QED) is 0.900. The molecular weight excluding hydrogens is 288 g/mol. The van der Waals surface area contributed by atoms with Crippen molar-refractivity contribution in [2.45, 2.75) is 50.7 Å². The zero-order valence-electron chi connectivity index (χ0n) is 12.6. The first kappa shape index (κ1) is 15.0. The van der Waals surface area contributed by atoms with Crippen LogP contribution in [0.1, 0.15) is 47.5 Å². The SMILES string of the molecule is COC1CC(CC(=O)O)N(C(=O)c2noc3c2CCCC3)C1. The number of fused-ring (bicyclic) bond motifs is 1. The standard InChI is InChI=1S/C15H20N2O5/c1-21-10-6-9(7-13(18)19)17(8-10)15(20)14-11-4-2-3-5-12(11)22-16-14/h9-10H,2-8H2,1H3,(H,18,19). The van der Waals surface area contributed by atoms with E-state index in [0.717, 1.165) is 37.0 Å². The Balaban J connectivity index is 1.83. The van der Waals surface area contributed by atoms with E-state index in [-0.39, 0.29) is 24.5 Å². The monoisotopic (exact) mass is 308 g/mol. The minimum absolute atomic E-state index is 0.0777. The number of methoxy groups -OCH3 is 1. The summed E-state index contributed by atoms with van der Waals surface area (Å²) in [7, 11) is 1.58. The summed E-state index contributed by atoms with van der Waals surface area (Å²) in [5, 5.41) is 13.0. The average Bonchev–Trinajstić information content (AvgIpc) is 3.10. The first-order valence-corrected chi connectivity index (χ1v) is 7.63. The molecule has 1 aromatic rings. The highest BCUT2D eigenvalue weighted by Gasteiger charge is 2.39. The number of carbonyl (C=O) groups excluding carboxylic acids is 1. The van der Waals surface area contributed by atoms with Crippen molar-refractivity contribution in [2.24, 2.45) is 0 Å². The summed E-state index contributed by atoms with van der Waals surface area (Å²) >= 11 is 0. The van der Waals surface area contributed by atoms with Crippen molar-refractivity contribution < 1.29 is 24.0 Å². The fraction of sp³-hybridized carbons (Fsp3) is 0.667. The van der Waals surface area contributed by atoms with Crippen LogP contribution in [0.15, 0.2) is 4.52 Å². The molecule has 2 unspecified atom stereocenters. The molecule has 120 valence electrons. The molecule has 1 aromatic heterocycles. The van der Waals surface area contributed by atoms with Crippen molar-refractivity contribution >= 4 is 11.9 Å². The van der Waals surface area contributed by atoms with Crippen LogP contribution in [-0.2, 0) is 22.4 Å². The summed E-state index contributed by atoms with van der Waals surface area (Å²) < 4.78 is 10.6. The smallest absolute Gasteiger partial charge is 0.305 e. The lowest BCUT2D eigenvalue weighted by molar-refractivity contribution is -0.137. The summed E-state index contributed by atoms with van der Waals surface area (Å²) in [6.45, 7) is 0.398. The molecule has 1 aliphatic carbocycles. The van der Waals surface area contributed by atoms with E-state index in [9.17, 15) is 9.59 Å². The average molecular weight is 308 g/mol. The number of carbonyl (C=O) groups is 2. The van der Waals surface area contributed by atoms with Gasteiger partial charge in [0.2, 0.25) is 0 Å². The number of aryl methyl sites for hydroxylation is 1. The van der Waals surface area contributed by atoms with Gasteiger partial charge < -0.3 is 19.3 Å². The fourth-order valence-electron chi connectivity index (χ4n) is 3.38. The van der Waals surface area contributed by atoms with Crippen molar-refractivity contribution in [3.8, 4) is 0 Å². The number of rotatable bonds is 4. The molecule has 0 radical (unpaired) electrons. The van der Waals surface area contributed by atoms with Crippen LogP contribution >= 0.6 is 0 Å². The third-order valence-corrected chi connectivity index (χ3v) is 4.53. The minimum Gasteiger partial charge on any atom is -0.481 e. The normalized spacial score (nSPS) is 24.3. The van der Waals surface area contributed by atoms with Gasteiger partial charge in [-0.05, 0) is 25.7 Å². The highest BCUT2D eigenvalue weighted by Crippen LogP contribution is 2.29. The largest absolute Gasteiger partial charge is 0.481 e. The Morgan fingerprint density at radius 1 is 1.41 bits per heavy atom.